The molecule has 0 N–H and O–H groups in total. The van der Waals surface area contributed by atoms with Crippen LogP contribution in [0.3, 0.4) is 0 Å². The molecule has 0 saturated heterocycles. The SMILES string of the molecule is CC1=CC=C(N(c2ccc(-n3c4ccc5c(c4c4ccc6ccccc6c43)C=CCC(C)C5)cc2)c2ccc(-n3c4ccc5ccccc5c4c4ccc5ccccc5c43)cc2)CC=C1. The van der Waals surface area contributed by atoms with E-state index in [1.807, 2.05) is 0 Å². The van der Waals surface area contributed by atoms with Crippen LogP contribution in [0.1, 0.15) is 37.8 Å². The molecule has 0 saturated carbocycles. The standard InChI is InChI=1S/C62H47N3/c1-40-11-9-16-46(26-21-40)63(47-27-31-49(32-28-47)64-57-37-24-42-13-3-6-17-51(42)59(57)55-35-22-43-14-4-7-18-53(43)61(55)64)48-29-33-50(34-30-48)65-58-38-25-45-39-41(2)12-10-20-52(45)60(58)56-36-23-44-15-5-8-19-54(44)62(56)65/h3-11,13-15,17-38,41H,12,16,39H2,1-2H3. The Bertz CT molecular complexity index is 3870. The predicted octanol–water partition coefficient (Wildman–Crippen LogP) is 16.9. The molecule has 3 nitrogen and oxygen atoms in total. The second-order valence-corrected chi connectivity index (χ2v) is 18.2. The Morgan fingerprint density at radius 2 is 1.02 bits per heavy atom. The molecule has 310 valence electrons. The van der Waals surface area contributed by atoms with E-state index in [1.54, 1.807) is 0 Å². The summed E-state index contributed by atoms with van der Waals surface area (Å²) in [5.74, 6) is 0.624. The fraction of sp³-hybridized carbons (Fsp3) is 0.0968. The first-order valence-corrected chi connectivity index (χ1v) is 23.1. The van der Waals surface area contributed by atoms with Crippen LogP contribution in [0.4, 0.5) is 11.4 Å². The maximum atomic E-state index is 2.51. The van der Waals surface area contributed by atoms with E-state index in [0.717, 1.165) is 42.0 Å². The van der Waals surface area contributed by atoms with E-state index in [4.69, 9.17) is 0 Å². The third kappa shape index (κ3) is 5.96. The fourth-order valence-corrected chi connectivity index (χ4v) is 11.1. The largest absolute Gasteiger partial charge is 0.314 e. The Morgan fingerprint density at radius 3 is 1.66 bits per heavy atom. The molecule has 0 amide bonds. The number of nitrogens with zero attached hydrogens (tertiary/aromatic N) is 3. The molecule has 2 heterocycles. The molecule has 11 aromatic rings. The Hall–Kier alpha value is -7.88. The van der Waals surface area contributed by atoms with Crippen LogP contribution in [0.25, 0.3) is 93.4 Å². The Labute approximate surface area is 378 Å². The summed E-state index contributed by atoms with van der Waals surface area (Å²) >= 11 is 0. The zero-order valence-electron chi connectivity index (χ0n) is 36.7. The number of anilines is 2. The van der Waals surface area contributed by atoms with Crippen LogP contribution < -0.4 is 4.90 Å². The third-order valence-corrected chi connectivity index (χ3v) is 14.1. The van der Waals surface area contributed by atoms with Crippen molar-refractivity contribution in [1.29, 1.82) is 0 Å². The summed E-state index contributed by atoms with van der Waals surface area (Å²) < 4.78 is 4.99. The van der Waals surface area contributed by atoms with Crippen molar-refractivity contribution >= 4 is 93.4 Å². The van der Waals surface area contributed by atoms with Crippen LogP contribution in [0, 0.1) is 5.92 Å². The van der Waals surface area contributed by atoms with Gasteiger partial charge in [-0.3, -0.25) is 0 Å². The highest BCUT2D eigenvalue weighted by molar-refractivity contribution is 6.26. The van der Waals surface area contributed by atoms with Crippen LogP contribution in [0.15, 0.2) is 212 Å². The molecule has 0 fully saturated rings. The number of fused-ring (bicyclic) bond motifs is 14. The Balaban J connectivity index is 0.974. The first kappa shape index (κ1) is 37.7. The van der Waals surface area contributed by atoms with Crippen molar-refractivity contribution < 1.29 is 0 Å². The van der Waals surface area contributed by atoms with Crippen LogP contribution in [0.2, 0.25) is 0 Å². The van der Waals surface area contributed by atoms with Crippen LogP contribution in [-0.2, 0) is 6.42 Å². The molecule has 1 atom stereocenters. The normalized spacial score (nSPS) is 15.3. The lowest BCUT2D eigenvalue weighted by Gasteiger charge is -2.28. The van der Waals surface area contributed by atoms with E-state index in [9.17, 15) is 0 Å². The van der Waals surface area contributed by atoms with Gasteiger partial charge < -0.3 is 14.0 Å². The van der Waals surface area contributed by atoms with Gasteiger partial charge in [-0.15, -0.1) is 0 Å². The highest BCUT2D eigenvalue weighted by atomic mass is 15.1. The molecular weight excluding hydrogens is 787 g/mol. The lowest BCUT2D eigenvalue weighted by Crippen LogP contribution is -2.16. The van der Waals surface area contributed by atoms with Gasteiger partial charge in [0.05, 0.1) is 22.1 Å². The molecule has 0 bridgehead atoms. The van der Waals surface area contributed by atoms with E-state index < -0.39 is 0 Å². The number of rotatable bonds is 5. The van der Waals surface area contributed by atoms with E-state index in [1.165, 1.54) is 98.3 Å². The van der Waals surface area contributed by atoms with E-state index in [-0.39, 0.29) is 0 Å². The second kappa shape index (κ2) is 14.9. The Kier molecular flexibility index (Phi) is 8.61. The molecule has 65 heavy (non-hydrogen) atoms. The zero-order valence-corrected chi connectivity index (χ0v) is 36.7. The van der Waals surface area contributed by atoms with Gasteiger partial charge in [0.1, 0.15) is 0 Å². The second-order valence-electron chi connectivity index (χ2n) is 18.2. The summed E-state index contributed by atoms with van der Waals surface area (Å²) in [4.78, 5) is 2.44. The molecule has 2 aromatic heterocycles. The van der Waals surface area contributed by atoms with Crippen LogP contribution >= 0.6 is 0 Å². The molecule has 2 aliphatic carbocycles. The van der Waals surface area contributed by atoms with Crippen molar-refractivity contribution in [2.45, 2.75) is 33.1 Å². The molecule has 2 aliphatic rings. The highest BCUT2D eigenvalue weighted by Gasteiger charge is 2.23. The first-order chi connectivity index (χ1) is 32.1. The van der Waals surface area contributed by atoms with Gasteiger partial charge in [0.2, 0.25) is 0 Å². The highest BCUT2D eigenvalue weighted by Crippen LogP contribution is 2.44. The minimum absolute atomic E-state index is 0.624. The van der Waals surface area contributed by atoms with Gasteiger partial charge in [-0.25, -0.2) is 0 Å². The first-order valence-electron chi connectivity index (χ1n) is 23.1. The summed E-state index contributed by atoms with van der Waals surface area (Å²) in [5.41, 5.74) is 14.8. The summed E-state index contributed by atoms with van der Waals surface area (Å²) in [6, 6.07) is 63.5. The van der Waals surface area contributed by atoms with Gasteiger partial charge in [-0.05, 0) is 125 Å². The molecule has 3 heteroatoms. The molecule has 0 radical (unpaired) electrons. The van der Waals surface area contributed by atoms with E-state index >= 15 is 0 Å². The van der Waals surface area contributed by atoms with Gasteiger partial charge in [0.25, 0.3) is 0 Å². The third-order valence-electron chi connectivity index (χ3n) is 14.1. The molecule has 0 spiro atoms. The number of hydrogen-bond acceptors (Lipinski definition) is 1. The molecule has 9 aromatic carbocycles. The number of benzene rings is 9. The maximum absolute atomic E-state index is 2.51. The smallest absolute Gasteiger partial charge is 0.0619 e. The van der Waals surface area contributed by atoms with Crippen molar-refractivity contribution in [3.63, 3.8) is 0 Å². The van der Waals surface area contributed by atoms with E-state index in [2.05, 4.69) is 234 Å². The van der Waals surface area contributed by atoms with Gasteiger partial charge in [0, 0.05) is 67.2 Å². The van der Waals surface area contributed by atoms with Crippen LogP contribution in [-0.4, -0.2) is 9.13 Å². The number of aromatic nitrogens is 2. The average molecular weight is 834 g/mol. The van der Waals surface area contributed by atoms with Gasteiger partial charge in [-0.2, -0.15) is 0 Å². The van der Waals surface area contributed by atoms with Gasteiger partial charge >= 0.3 is 0 Å². The lowest BCUT2D eigenvalue weighted by atomic mass is 9.95. The van der Waals surface area contributed by atoms with Crippen molar-refractivity contribution in [3.05, 3.63) is 223 Å². The summed E-state index contributed by atoms with van der Waals surface area (Å²) in [6.45, 7) is 4.54. The maximum Gasteiger partial charge on any atom is 0.0619 e. The van der Waals surface area contributed by atoms with Crippen LogP contribution in [0.5, 0.6) is 0 Å². The van der Waals surface area contributed by atoms with Crippen molar-refractivity contribution in [2.75, 3.05) is 4.90 Å². The minimum atomic E-state index is 0.624. The monoisotopic (exact) mass is 833 g/mol. The summed E-state index contributed by atoms with van der Waals surface area (Å²) in [5, 5.41) is 12.8. The Morgan fingerprint density at radius 1 is 0.477 bits per heavy atom. The molecule has 13 rings (SSSR count). The average Bonchev–Trinajstić information content (AvgIpc) is 3.69. The fourth-order valence-electron chi connectivity index (χ4n) is 11.1. The summed E-state index contributed by atoms with van der Waals surface area (Å²) in [7, 11) is 0. The van der Waals surface area contributed by atoms with Crippen molar-refractivity contribution in [1.82, 2.24) is 9.13 Å². The minimum Gasteiger partial charge on any atom is -0.314 e. The van der Waals surface area contributed by atoms with Crippen molar-refractivity contribution in [3.8, 4) is 11.4 Å². The topological polar surface area (TPSA) is 13.1 Å². The van der Waals surface area contributed by atoms with Crippen molar-refractivity contribution in [2.24, 2.45) is 5.92 Å². The summed E-state index contributed by atoms with van der Waals surface area (Å²) in [6.07, 6.45) is 16.8. The lowest BCUT2D eigenvalue weighted by molar-refractivity contribution is 0.594. The molecular formula is C62H47N3. The number of allylic oxidation sites excluding steroid dienone is 6. The predicted molar refractivity (Wildman–Crippen MR) is 278 cm³/mol. The zero-order chi connectivity index (χ0) is 43.2. The molecule has 0 aliphatic heterocycles. The molecule has 1 unspecified atom stereocenters. The quantitative estimate of drug-likeness (QED) is 0.168. The number of hydrogen-bond donors (Lipinski definition) is 0. The van der Waals surface area contributed by atoms with E-state index in [0.29, 0.717) is 5.92 Å². The van der Waals surface area contributed by atoms with Gasteiger partial charge in [0.15, 0.2) is 0 Å². The van der Waals surface area contributed by atoms with Gasteiger partial charge in [-0.1, -0.05) is 152 Å².